The van der Waals surface area contributed by atoms with Crippen molar-refractivity contribution < 1.29 is 9.53 Å². The average Bonchev–Trinajstić information content (AvgIpc) is 2.10. The van der Waals surface area contributed by atoms with Gasteiger partial charge in [-0.3, -0.25) is 0 Å². The summed E-state index contributed by atoms with van der Waals surface area (Å²) in [6, 6.07) is 0. The van der Waals surface area contributed by atoms with Crippen molar-refractivity contribution in [3.05, 3.63) is 11.6 Å². The molecule has 0 bridgehead atoms. The van der Waals surface area contributed by atoms with Crippen molar-refractivity contribution in [2.45, 2.75) is 20.3 Å². The van der Waals surface area contributed by atoms with Gasteiger partial charge in [0, 0.05) is 5.57 Å². The quantitative estimate of drug-likeness (QED) is 0.376. The van der Waals surface area contributed by atoms with Gasteiger partial charge in [0.25, 0.3) is 0 Å². The summed E-state index contributed by atoms with van der Waals surface area (Å²) in [5, 5.41) is 0. The fraction of sp³-hybridized carbons (Fsp3) is 0.667. The van der Waals surface area contributed by atoms with Crippen LogP contribution >= 0.6 is 11.8 Å². The number of hydrogen-bond donors (Lipinski definition) is 0. The summed E-state index contributed by atoms with van der Waals surface area (Å²) in [5.74, 6) is 0.848. The van der Waals surface area contributed by atoms with Gasteiger partial charge in [-0.15, -0.1) is 0 Å². The molecule has 0 rings (SSSR count). The second-order valence-electron chi connectivity index (χ2n) is 2.45. The van der Waals surface area contributed by atoms with E-state index in [1.807, 2.05) is 13.2 Å². The molecule has 0 fully saturated rings. The third kappa shape index (κ3) is 5.24. The van der Waals surface area contributed by atoms with Gasteiger partial charge in [0.15, 0.2) is 0 Å². The highest BCUT2D eigenvalue weighted by Crippen LogP contribution is 1.99. The van der Waals surface area contributed by atoms with Gasteiger partial charge in [-0.1, -0.05) is 6.08 Å². The Morgan fingerprint density at radius 3 is 2.75 bits per heavy atom. The van der Waals surface area contributed by atoms with Gasteiger partial charge in [-0.05, 0) is 32.3 Å². The Bertz CT molecular complexity index is 164. The van der Waals surface area contributed by atoms with E-state index in [1.165, 1.54) is 0 Å². The molecule has 0 aliphatic rings. The first-order valence-corrected chi connectivity index (χ1v) is 5.40. The molecule has 0 aromatic heterocycles. The molecule has 0 amide bonds. The van der Waals surface area contributed by atoms with E-state index in [9.17, 15) is 4.79 Å². The molecule has 3 heteroatoms. The predicted molar refractivity (Wildman–Crippen MR) is 53.4 cm³/mol. The number of carbonyl (C=O) groups excluding carboxylic acids is 1. The number of ether oxygens (including phenoxy) is 1. The van der Waals surface area contributed by atoms with Gasteiger partial charge in [-0.25, -0.2) is 4.79 Å². The first-order valence-electron chi connectivity index (χ1n) is 4.01. The van der Waals surface area contributed by atoms with Gasteiger partial charge < -0.3 is 4.74 Å². The summed E-state index contributed by atoms with van der Waals surface area (Å²) >= 11 is 1.76. The van der Waals surface area contributed by atoms with Crippen molar-refractivity contribution in [1.82, 2.24) is 0 Å². The lowest BCUT2D eigenvalue weighted by Crippen LogP contribution is -2.07. The number of rotatable bonds is 5. The van der Waals surface area contributed by atoms with Crippen molar-refractivity contribution in [2.75, 3.05) is 18.6 Å². The van der Waals surface area contributed by atoms with Gasteiger partial charge in [0.1, 0.15) is 0 Å². The topological polar surface area (TPSA) is 26.3 Å². The number of allylic oxidation sites excluding steroid dienone is 1. The minimum absolute atomic E-state index is 0.196. The van der Waals surface area contributed by atoms with E-state index >= 15 is 0 Å². The number of hydrogen-bond acceptors (Lipinski definition) is 3. The van der Waals surface area contributed by atoms with Crippen LogP contribution in [-0.4, -0.2) is 24.6 Å². The lowest BCUT2D eigenvalue weighted by molar-refractivity contribution is -0.138. The lowest BCUT2D eigenvalue weighted by atomic mass is 10.3. The van der Waals surface area contributed by atoms with Gasteiger partial charge >= 0.3 is 5.97 Å². The van der Waals surface area contributed by atoms with Crippen molar-refractivity contribution in [2.24, 2.45) is 0 Å². The molecule has 0 spiro atoms. The Hall–Kier alpha value is -0.440. The maximum absolute atomic E-state index is 11.0. The standard InChI is InChI=1S/C9H16O2S/c1-4-8(2)9(10)11-6-5-7-12-3/h4H,5-7H2,1-3H3/b8-4+. The van der Waals surface area contributed by atoms with Gasteiger partial charge in [-0.2, -0.15) is 11.8 Å². The summed E-state index contributed by atoms with van der Waals surface area (Å²) in [4.78, 5) is 11.0. The molecule has 0 atom stereocenters. The van der Waals surface area contributed by atoms with Crippen LogP contribution < -0.4 is 0 Å². The van der Waals surface area contributed by atoms with Crippen molar-refractivity contribution >= 4 is 17.7 Å². The Morgan fingerprint density at radius 1 is 1.58 bits per heavy atom. The summed E-state index contributed by atoms with van der Waals surface area (Å²) in [5.41, 5.74) is 0.680. The molecular formula is C9H16O2S. The summed E-state index contributed by atoms with van der Waals surface area (Å²) in [6.07, 6.45) is 4.74. The first kappa shape index (κ1) is 11.6. The molecule has 0 heterocycles. The van der Waals surface area contributed by atoms with Crippen LogP contribution in [0.4, 0.5) is 0 Å². The van der Waals surface area contributed by atoms with Crippen LogP contribution in [0.25, 0.3) is 0 Å². The first-order chi connectivity index (χ1) is 5.72. The summed E-state index contributed by atoms with van der Waals surface area (Å²) in [7, 11) is 0. The molecule has 0 aromatic rings. The highest BCUT2D eigenvalue weighted by molar-refractivity contribution is 7.98. The molecule has 12 heavy (non-hydrogen) atoms. The molecule has 2 nitrogen and oxygen atoms in total. The molecule has 0 unspecified atom stereocenters. The second-order valence-corrected chi connectivity index (χ2v) is 3.44. The van der Waals surface area contributed by atoms with E-state index in [0.29, 0.717) is 12.2 Å². The summed E-state index contributed by atoms with van der Waals surface area (Å²) in [6.45, 7) is 4.13. The van der Waals surface area contributed by atoms with E-state index in [0.717, 1.165) is 12.2 Å². The third-order valence-corrected chi connectivity index (χ3v) is 2.18. The van der Waals surface area contributed by atoms with Crippen LogP contribution in [-0.2, 0) is 9.53 Å². The molecule has 0 saturated carbocycles. The Morgan fingerprint density at radius 2 is 2.25 bits per heavy atom. The highest BCUT2D eigenvalue weighted by atomic mass is 32.2. The smallest absolute Gasteiger partial charge is 0.333 e. The maximum Gasteiger partial charge on any atom is 0.333 e. The minimum Gasteiger partial charge on any atom is -0.462 e. The van der Waals surface area contributed by atoms with Crippen molar-refractivity contribution in [3.63, 3.8) is 0 Å². The van der Waals surface area contributed by atoms with E-state index in [4.69, 9.17) is 4.74 Å². The molecule has 0 aromatic carbocycles. The van der Waals surface area contributed by atoms with E-state index in [2.05, 4.69) is 0 Å². The Kier molecular flexibility index (Phi) is 6.96. The zero-order valence-electron chi connectivity index (χ0n) is 7.92. The van der Waals surface area contributed by atoms with E-state index < -0.39 is 0 Å². The molecular weight excluding hydrogens is 172 g/mol. The molecule has 0 aliphatic heterocycles. The molecule has 0 radical (unpaired) electrons. The average molecular weight is 188 g/mol. The second kappa shape index (κ2) is 7.22. The number of thioether (sulfide) groups is 1. The summed E-state index contributed by atoms with van der Waals surface area (Å²) < 4.78 is 4.98. The highest BCUT2D eigenvalue weighted by Gasteiger charge is 2.02. The number of carbonyl (C=O) groups is 1. The molecule has 0 saturated heterocycles. The third-order valence-electron chi connectivity index (χ3n) is 1.48. The van der Waals surface area contributed by atoms with E-state index in [-0.39, 0.29) is 5.97 Å². The normalized spacial score (nSPS) is 11.4. The van der Waals surface area contributed by atoms with Gasteiger partial charge in [0.05, 0.1) is 6.61 Å². The van der Waals surface area contributed by atoms with Crippen LogP contribution in [0, 0.1) is 0 Å². The number of esters is 1. The largest absolute Gasteiger partial charge is 0.462 e. The van der Waals surface area contributed by atoms with Crippen LogP contribution in [0.5, 0.6) is 0 Å². The Labute approximate surface area is 78.4 Å². The fourth-order valence-corrected chi connectivity index (χ4v) is 1.01. The van der Waals surface area contributed by atoms with Crippen LogP contribution in [0.2, 0.25) is 0 Å². The fourth-order valence-electron chi connectivity index (χ4n) is 0.600. The van der Waals surface area contributed by atoms with Crippen molar-refractivity contribution in [3.8, 4) is 0 Å². The lowest BCUT2D eigenvalue weighted by Gasteiger charge is -2.02. The molecule has 0 aliphatic carbocycles. The Balaban J connectivity index is 3.45. The maximum atomic E-state index is 11.0. The van der Waals surface area contributed by atoms with Crippen LogP contribution in [0.15, 0.2) is 11.6 Å². The molecule has 0 N–H and O–H groups in total. The van der Waals surface area contributed by atoms with E-state index in [1.54, 1.807) is 24.8 Å². The minimum atomic E-state index is -0.196. The SMILES string of the molecule is C/C=C(\C)C(=O)OCCCSC. The zero-order chi connectivity index (χ0) is 9.40. The van der Waals surface area contributed by atoms with Crippen molar-refractivity contribution in [1.29, 1.82) is 0 Å². The monoisotopic (exact) mass is 188 g/mol. The predicted octanol–water partition coefficient (Wildman–Crippen LogP) is 2.25. The van der Waals surface area contributed by atoms with Crippen LogP contribution in [0.1, 0.15) is 20.3 Å². The van der Waals surface area contributed by atoms with Crippen LogP contribution in [0.3, 0.4) is 0 Å². The van der Waals surface area contributed by atoms with Gasteiger partial charge in [0.2, 0.25) is 0 Å². The molecule has 70 valence electrons. The zero-order valence-corrected chi connectivity index (χ0v) is 8.74.